The molecule has 0 saturated carbocycles. The highest BCUT2D eigenvalue weighted by Crippen LogP contribution is 2.14. The molecule has 0 aliphatic carbocycles. The zero-order chi connectivity index (χ0) is 18.6. The zero-order valence-corrected chi connectivity index (χ0v) is 14.8. The molecule has 0 atom stereocenters. The lowest BCUT2D eigenvalue weighted by Crippen LogP contribution is -2.26. The summed E-state index contributed by atoms with van der Waals surface area (Å²) in [6.07, 6.45) is 2.55. The molecule has 0 saturated heterocycles. The van der Waals surface area contributed by atoms with Gasteiger partial charge >= 0.3 is 0 Å². The Balaban J connectivity index is 1.34. The van der Waals surface area contributed by atoms with Crippen LogP contribution in [0.15, 0.2) is 53.2 Å². The van der Waals surface area contributed by atoms with E-state index >= 15 is 0 Å². The number of para-hydroxylation sites is 2. The summed E-state index contributed by atoms with van der Waals surface area (Å²) in [4.78, 5) is 30.2. The van der Waals surface area contributed by atoms with E-state index < -0.39 is 0 Å². The van der Waals surface area contributed by atoms with E-state index in [0.717, 1.165) is 16.9 Å². The van der Waals surface area contributed by atoms with Gasteiger partial charge in [0.05, 0.1) is 17.6 Å². The topological polar surface area (TPSA) is 101 Å². The Morgan fingerprint density at radius 2 is 2.00 bits per heavy atom. The van der Waals surface area contributed by atoms with Gasteiger partial charge in [-0.25, -0.2) is 4.98 Å². The van der Waals surface area contributed by atoms with Crippen LogP contribution in [0.3, 0.4) is 0 Å². The van der Waals surface area contributed by atoms with Gasteiger partial charge in [-0.15, -0.1) is 0 Å². The smallest absolute Gasteiger partial charge is 0.246 e. The van der Waals surface area contributed by atoms with Crippen LogP contribution in [0.5, 0.6) is 0 Å². The van der Waals surface area contributed by atoms with E-state index in [4.69, 9.17) is 4.52 Å². The number of carbonyl (C=O) groups excluding carboxylic acids is 1. The van der Waals surface area contributed by atoms with E-state index in [-0.39, 0.29) is 12.5 Å². The van der Waals surface area contributed by atoms with Gasteiger partial charge in [-0.2, -0.15) is 4.98 Å². The van der Waals surface area contributed by atoms with Crippen molar-refractivity contribution >= 4 is 16.9 Å². The third kappa shape index (κ3) is 3.84. The molecule has 3 heterocycles. The molecule has 0 radical (unpaired) electrons. The van der Waals surface area contributed by atoms with Crippen LogP contribution in [0, 0.1) is 0 Å². The zero-order valence-electron chi connectivity index (χ0n) is 14.8. The van der Waals surface area contributed by atoms with Crippen LogP contribution in [0.25, 0.3) is 22.6 Å². The molecule has 0 fully saturated rings. The number of fused-ring (bicyclic) bond motifs is 1. The Bertz CT molecular complexity index is 1020. The van der Waals surface area contributed by atoms with E-state index in [0.29, 0.717) is 30.3 Å². The molecular weight excluding hydrogens is 344 g/mol. The second kappa shape index (κ2) is 7.36. The van der Waals surface area contributed by atoms with Crippen LogP contribution in [0.2, 0.25) is 0 Å². The van der Waals surface area contributed by atoms with Gasteiger partial charge in [-0.3, -0.25) is 9.78 Å². The van der Waals surface area contributed by atoms with Crippen molar-refractivity contribution in [3.8, 4) is 11.5 Å². The third-order valence-corrected chi connectivity index (χ3v) is 4.17. The van der Waals surface area contributed by atoms with E-state index in [9.17, 15) is 4.79 Å². The number of amides is 1. The molecule has 136 valence electrons. The van der Waals surface area contributed by atoms with Crippen molar-refractivity contribution in [1.82, 2.24) is 30.0 Å². The van der Waals surface area contributed by atoms with Gasteiger partial charge in [-0.1, -0.05) is 23.4 Å². The number of carbonyl (C=O) groups is 1. The number of H-pyrrole nitrogens is 1. The number of hydrogen-bond donors (Lipinski definition) is 1. The number of aromatic amines is 1. The van der Waals surface area contributed by atoms with Crippen LogP contribution in [-0.2, 0) is 17.8 Å². The molecule has 0 spiro atoms. The number of imidazole rings is 1. The van der Waals surface area contributed by atoms with Gasteiger partial charge in [0.1, 0.15) is 11.5 Å². The van der Waals surface area contributed by atoms with Gasteiger partial charge in [0, 0.05) is 26.1 Å². The van der Waals surface area contributed by atoms with E-state index in [2.05, 4.69) is 25.1 Å². The summed E-state index contributed by atoms with van der Waals surface area (Å²) in [5.74, 6) is 1.56. The number of nitrogens with zero attached hydrogens (tertiary/aromatic N) is 5. The van der Waals surface area contributed by atoms with Crippen molar-refractivity contribution in [2.45, 2.75) is 19.4 Å². The summed E-state index contributed by atoms with van der Waals surface area (Å²) < 4.78 is 5.23. The van der Waals surface area contributed by atoms with Gasteiger partial charge in [-0.05, 0) is 24.3 Å². The first-order chi connectivity index (χ1) is 13.2. The first-order valence-electron chi connectivity index (χ1n) is 8.60. The number of aryl methyl sites for hydroxylation is 1. The summed E-state index contributed by atoms with van der Waals surface area (Å²) >= 11 is 0. The normalized spacial score (nSPS) is 11.0. The number of benzene rings is 1. The van der Waals surface area contributed by atoms with E-state index in [1.165, 1.54) is 0 Å². The predicted octanol–water partition coefficient (Wildman–Crippen LogP) is 2.60. The van der Waals surface area contributed by atoms with Gasteiger partial charge < -0.3 is 14.4 Å². The first-order valence-corrected chi connectivity index (χ1v) is 8.60. The minimum Gasteiger partial charge on any atom is -0.342 e. The van der Waals surface area contributed by atoms with Crippen molar-refractivity contribution in [2.24, 2.45) is 0 Å². The fraction of sp³-hybridized carbons (Fsp3) is 0.211. The number of hydrogen-bond acceptors (Lipinski definition) is 6. The molecule has 8 heteroatoms. The fourth-order valence-electron chi connectivity index (χ4n) is 2.75. The standard InChI is InChI=1S/C19H18N6O2/c1-25(12-17-23-19(24-27-17)15-8-4-5-11-20-15)18(26)10-9-16-21-13-6-2-3-7-14(13)22-16/h2-8,11H,9-10,12H2,1H3,(H,21,22). The summed E-state index contributed by atoms with van der Waals surface area (Å²) in [6.45, 7) is 0.249. The molecule has 0 aliphatic rings. The highest BCUT2D eigenvalue weighted by molar-refractivity contribution is 5.77. The molecule has 0 bridgehead atoms. The summed E-state index contributed by atoms with van der Waals surface area (Å²) in [7, 11) is 1.71. The Morgan fingerprint density at radius 1 is 1.15 bits per heavy atom. The number of aromatic nitrogens is 5. The maximum Gasteiger partial charge on any atom is 0.246 e. The average Bonchev–Trinajstić information content (AvgIpc) is 3.33. The summed E-state index contributed by atoms with van der Waals surface area (Å²) in [6, 6.07) is 13.3. The maximum absolute atomic E-state index is 12.4. The molecule has 3 aromatic heterocycles. The molecule has 4 aromatic rings. The van der Waals surface area contributed by atoms with Crippen molar-refractivity contribution in [2.75, 3.05) is 7.05 Å². The van der Waals surface area contributed by atoms with Crippen LogP contribution in [-0.4, -0.2) is 42.9 Å². The van der Waals surface area contributed by atoms with E-state index in [1.807, 2.05) is 36.4 Å². The first kappa shape index (κ1) is 16.9. The minimum absolute atomic E-state index is 0.0203. The summed E-state index contributed by atoms with van der Waals surface area (Å²) in [5, 5.41) is 3.92. The largest absolute Gasteiger partial charge is 0.342 e. The fourth-order valence-corrected chi connectivity index (χ4v) is 2.75. The predicted molar refractivity (Wildman–Crippen MR) is 98.4 cm³/mol. The molecule has 1 N–H and O–H groups in total. The lowest BCUT2D eigenvalue weighted by molar-refractivity contribution is -0.130. The minimum atomic E-state index is -0.0203. The van der Waals surface area contributed by atoms with Crippen LogP contribution >= 0.6 is 0 Å². The highest BCUT2D eigenvalue weighted by atomic mass is 16.5. The molecule has 1 aromatic carbocycles. The lowest BCUT2D eigenvalue weighted by Gasteiger charge is -2.14. The van der Waals surface area contributed by atoms with Crippen molar-refractivity contribution in [1.29, 1.82) is 0 Å². The molecule has 0 unspecified atom stereocenters. The molecule has 1 amide bonds. The highest BCUT2D eigenvalue weighted by Gasteiger charge is 2.15. The number of nitrogens with one attached hydrogen (secondary N) is 1. The Morgan fingerprint density at radius 3 is 2.81 bits per heavy atom. The third-order valence-electron chi connectivity index (χ3n) is 4.17. The number of rotatable bonds is 6. The second-order valence-electron chi connectivity index (χ2n) is 6.18. The van der Waals surface area contributed by atoms with Gasteiger partial charge in [0.2, 0.25) is 17.6 Å². The van der Waals surface area contributed by atoms with Crippen LogP contribution in [0.1, 0.15) is 18.1 Å². The maximum atomic E-state index is 12.4. The van der Waals surface area contributed by atoms with E-state index in [1.54, 1.807) is 24.2 Å². The SMILES string of the molecule is CN(Cc1nc(-c2ccccn2)no1)C(=O)CCc1nc2ccccc2[nH]1. The molecule has 0 aliphatic heterocycles. The lowest BCUT2D eigenvalue weighted by atomic mass is 10.2. The van der Waals surface area contributed by atoms with Gasteiger partial charge in [0.25, 0.3) is 0 Å². The van der Waals surface area contributed by atoms with Gasteiger partial charge in [0.15, 0.2) is 0 Å². The molecule has 27 heavy (non-hydrogen) atoms. The van der Waals surface area contributed by atoms with Crippen LogP contribution < -0.4 is 0 Å². The quantitative estimate of drug-likeness (QED) is 0.566. The summed E-state index contributed by atoms with van der Waals surface area (Å²) in [5.41, 5.74) is 2.51. The van der Waals surface area contributed by atoms with Crippen molar-refractivity contribution < 1.29 is 9.32 Å². The molecule has 8 nitrogen and oxygen atoms in total. The van der Waals surface area contributed by atoms with Crippen molar-refractivity contribution in [3.63, 3.8) is 0 Å². The number of pyridine rings is 1. The average molecular weight is 362 g/mol. The Labute approximate surface area is 155 Å². The Kier molecular flexibility index (Phi) is 4.61. The van der Waals surface area contributed by atoms with Crippen molar-refractivity contribution in [3.05, 3.63) is 60.4 Å². The molecular formula is C19H18N6O2. The molecule has 4 rings (SSSR count). The van der Waals surface area contributed by atoms with Crippen LogP contribution in [0.4, 0.5) is 0 Å². The monoisotopic (exact) mass is 362 g/mol. The second-order valence-corrected chi connectivity index (χ2v) is 6.18. The Hall–Kier alpha value is -3.55.